The Labute approximate surface area is 97.1 Å². The van der Waals surface area contributed by atoms with Gasteiger partial charge in [-0.15, -0.1) is 6.58 Å². The maximum absolute atomic E-state index is 10.4. The van der Waals surface area contributed by atoms with Gasteiger partial charge < -0.3 is 9.84 Å². The van der Waals surface area contributed by atoms with Gasteiger partial charge in [-0.3, -0.25) is 0 Å². The lowest BCUT2D eigenvalue weighted by molar-refractivity contribution is -0.132. The van der Waals surface area contributed by atoms with Crippen LogP contribution >= 0.6 is 0 Å². The summed E-state index contributed by atoms with van der Waals surface area (Å²) in [6, 6.07) is 0. The molecular formula is C13H20O3. The molecule has 0 saturated carbocycles. The van der Waals surface area contributed by atoms with E-state index in [0.29, 0.717) is 19.6 Å². The monoisotopic (exact) mass is 224 g/mol. The second kappa shape index (κ2) is 10.2. The Morgan fingerprint density at radius 1 is 1.31 bits per heavy atom. The summed E-state index contributed by atoms with van der Waals surface area (Å²) in [4.78, 5) is 10.4. The highest BCUT2D eigenvalue weighted by Gasteiger charge is 2.02. The molecule has 0 aromatic rings. The van der Waals surface area contributed by atoms with Gasteiger partial charge in [0.05, 0.1) is 6.61 Å². The summed E-state index contributed by atoms with van der Waals surface area (Å²) in [5.41, 5.74) is 0.200. The molecule has 0 aromatic heterocycles. The minimum atomic E-state index is -0.948. The quantitative estimate of drug-likeness (QED) is 0.352. The molecule has 0 bridgehead atoms. The zero-order valence-electron chi connectivity index (χ0n) is 9.65. The van der Waals surface area contributed by atoms with Crippen LogP contribution in [0.3, 0.4) is 0 Å². The summed E-state index contributed by atoms with van der Waals surface area (Å²) < 4.78 is 5.28. The van der Waals surface area contributed by atoms with E-state index in [4.69, 9.17) is 9.84 Å². The number of ether oxygens (including phenoxy) is 1. The number of carbonyl (C=O) groups is 1. The van der Waals surface area contributed by atoms with Crippen LogP contribution in [0, 0.1) is 0 Å². The summed E-state index contributed by atoms with van der Waals surface area (Å²) >= 11 is 0. The number of allylic oxidation sites excluding steroid dienone is 3. The molecule has 0 fully saturated rings. The van der Waals surface area contributed by atoms with E-state index >= 15 is 0 Å². The zero-order chi connectivity index (χ0) is 12.2. The molecule has 0 aliphatic rings. The van der Waals surface area contributed by atoms with E-state index < -0.39 is 5.97 Å². The fourth-order valence-electron chi connectivity index (χ4n) is 1.02. The molecule has 0 radical (unpaired) electrons. The molecule has 0 aromatic carbocycles. The van der Waals surface area contributed by atoms with Crippen LogP contribution in [0.4, 0.5) is 0 Å². The van der Waals surface area contributed by atoms with Gasteiger partial charge in [0, 0.05) is 18.6 Å². The van der Waals surface area contributed by atoms with Crippen molar-refractivity contribution in [1.82, 2.24) is 0 Å². The normalized spacial score (nSPS) is 10.5. The first-order chi connectivity index (χ1) is 7.68. The molecule has 0 spiro atoms. The average molecular weight is 224 g/mol. The topological polar surface area (TPSA) is 46.5 Å². The van der Waals surface area contributed by atoms with Crippen LogP contribution in [0.15, 0.2) is 37.0 Å². The maximum atomic E-state index is 10.4. The predicted octanol–water partition coefficient (Wildman–Crippen LogP) is 2.95. The molecule has 16 heavy (non-hydrogen) atoms. The Morgan fingerprint density at radius 3 is 2.69 bits per heavy atom. The molecule has 3 heteroatoms. The van der Waals surface area contributed by atoms with E-state index in [0.717, 1.165) is 19.3 Å². The van der Waals surface area contributed by atoms with Crippen molar-refractivity contribution in [2.75, 3.05) is 13.2 Å². The highest BCUT2D eigenvalue weighted by Crippen LogP contribution is 1.99. The van der Waals surface area contributed by atoms with Crippen LogP contribution in [0.2, 0.25) is 0 Å². The molecule has 0 aliphatic heterocycles. The van der Waals surface area contributed by atoms with Crippen molar-refractivity contribution in [2.24, 2.45) is 0 Å². The van der Waals surface area contributed by atoms with E-state index in [1.54, 1.807) is 0 Å². The Bertz CT molecular complexity index is 254. The van der Waals surface area contributed by atoms with Crippen LogP contribution < -0.4 is 0 Å². The van der Waals surface area contributed by atoms with Crippen molar-refractivity contribution >= 4 is 5.97 Å². The van der Waals surface area contributed by atoms with Crippen LogP contribution in [0.25, 0.3) is 0 Å². The van der Waals surface area contributed by atoms with Crippen molar-refractivity contribution in [3.63, 3.8) is 0 Å². The Balaban J connectivity index is 3.24. The lowest BCUT2D eigenvalue weighted by Crippen LogP contribution is -2.04. The van der Waals surface area contributed by atoms with Crippen molar-refractivity contribution < 1.29 is 14.6 Å². The molecule has 1 N–H and O–H groups in total. The molecular weight excluding hydrogens is 204 g/mol. The van der Waals surface area contributed by atoms with E-state index in [1.165, 1.54) is 0 Å². The SMILES string of the molecule is C=CCC=CCCCOCCC(=C)C(=O)O. The van der Waals surface area contributed by atoms with Crippen molar-refractivity contribution in [2.45, 2.75) is 25.7 Å². The zero-order valence-corrected chi connectivity index (χ0v) is 9.65. The molecule has 0 aliphatic carbocycles. The molecule has 3 nitrogen and oxygen atoms in total. The molecule has 0 rings (SSSR count). The molecule has 0 atom stereocenters. The summed E-state index contributed by atoms with van der Waals surface area (Å²) in [6.45, 7) is 8.13. The van der Waals surface area contributed by atoms with Crippen molar-refractivity contribution in [1.29, 1.82) is 0 Å². The Kier molecular flexibility index (Phi) is 9.32. The largest absolute Gasteiger partial charge is 0.478 e. The summed E-state index contributed by atoms with van der Waals surface area (Å²) in [5, 5.41) is 8.53. The fourth-order valence-corrected chi connectivity index (χ4v) is 1.02. The minimum Gasteiger partial charge on any atom is -0.478 e. The maximum Gasteiger partial charge on any atom is 0.331 e. The smallest absolute Gasteiger partial charge is 0.331 e. The van der Waals surface area contributed by atoms with Gasteiger partial charge in [0.15, 0.2) is 0 Å². The van der Waals surface area contributed by atoms with Gasteiger partial charge in [0.25, 0.3) is 0 Å². The molecule has 0 heterocycles. The van der Waals surface area contributed by atoms with Crippen LogP contribution in [0.1, 0.15) is 25.7 Å². The van der Waals surface area contributed by atoms with Gasteiger partial charge in [0.1, 0.15) is 0 Å². The lowest BCUT2D eigenvalue weighted by atomic mass is 10.2. The first-order valence-corrected chi connectivity index (χ1v) is 5.43. The second-order valence-corrected chi connectivity index (χ2v) is 3.41. The summed E-state index contributed by atoms with van der Waals surface area (Å²) in [6.07, 6.45) is 9.24. The third-order valence-corrected chi connectivity index (χ3v) is 1.98. The number of unbranched alkanes of at least 4 members (excludes halogenated alkanes) is 1. The predicted molar refractivity (Wildman–Crippen MR) is 65.4 cm³/mol. The molecule has 0 unspecified atom stereocenters. The number of carboxylic acids is 1. The van der Waals surface area contributed by atoms with Crippen molar-refractivity contribution in [3.8, 4) is 0 Å². The van der Waals surface area contributed by atoms with E-state index in [1.807, 2.05) is 6.08 Å². The fraction of sp³-hybridized carbons (Fsp3) is 0.462. The first-order valence-electron chi connectivity index (χ1n) is 5.43. The van der Waals surface area contributed by atoms with E-state index in [2.05, 4.69) is 25.3 Å². The number of rotatable bonds is 10. The average Bonchev–Trinajstić information content (AvgIpc) is 2.26. The number of aliphatic carboxylic acids is 1. The van der Waals surface area contributed by atoms with Gasteiger partial charge >= 0.3 is 5.97 Å². The van der Waals surface area contributed by atoms with Gasteiger partial charge in [-0.05, 0) is 19.3 Å². The molecule has 90 valence electrons. The summed E-state index contributed by atoms with van der Waals surface area (Å²) in [5.74, 6) is -0.948. The number of carboxylic acid groups (broad SMARTS) is 1. The summed E-state index contributed by atoms with van der Waals surface area (Å²) in [7, 11) is 0. The van der Waals surface area contributed by atoms with Gasteiger partial charge in [0.2, 0.25) is 0 Å². The van der Waals surface area contributed by atoms with Crippen LogP contribution in [-0.2, 0) is 9.53 Å². The van der Waals surface area contributed by atoms with E-state index in [9.17, 15) is 4.79 Å². The number of hydrogen-bond acceptors (Lipinski definition) is 2. The Morgan fingerprint density at radius 2 is 2.06 bits per heavy atom. The molecule has 0 amide bonds. The second-order valence-electron chi connectivity index (χ2n) is 3.41. The highest BCUT2D eigenvalue weighted by atomic mass is 16.5. The van der Waals surface area contributed by atoms with Gasteiger partial charge in [-0.2, -0.15) is 0 Å². The third-order valence-electron chi connectivity index (χ3n) is 1.98. The van der Waals surface area contributed by atoms with Crippen LogP contribution in [-0.4, -0.2) is 24.3 Å². The lowest BCUT2D eigenvalue weighted by Gasteiger charge is -2.02. The van der Waals surface area contributed by atoms with Gasteiger partial charge in [-0.1, -0.05) is 24.8 Å². The first kappa shape index (κ1) is 14.6. The molecule has 0 saturated heterocycles. The third kappa shape index (κ3) is 9.21. The highest BCUT2D eigenvalue weighted by molar-refractivity contribution is 5.85. The Hall–Kier alpha value is -1.35. The van der Waals surface area contributed by atoms with Crippen LogP contribution in [0.5, 0.6) is 0 Å². The minimum absolute atomic E-state index is 0.200. The number of hydrogen-bond donors (Lipinski definition) is 1. The standard InChI is InChI=1S/C13H20O3/c1-3-4-5-6-7-8-10-16-11-9-12(2)13(14)15/h3,5-6H,1-2,4,7-11H2,(H,14,15). The van der Waals surface area contributed by atoms with Gasteiger partial charge in [-0.25, -0.2) is 4.79 Å². The van der Waals surface area contributed by atoms with Crippen molar-refractivity contribution in [3.05, 3.63) is 37.0 Å². The van der Waals surface area contributed by atoms with E-state index in [-0.39, 0.29) is 5.57 Å².